The Labute approximate surface area is 154 Å². The van der Waals surface area contributed by atoms with Crippen molar-refractivity contribution >= 4 is 11.9 Å². The Morgan fingerprint density at radius 2 is 1.77 bits per heavy atom. The number of urea groups is 1. The molecule has 0 saturated heterocycles. The average Bonchev–Trinajstić information content (AvgIpc) is 3.16. The topological polar surface area (TPSA) is 83.4 Å². The van der Waals surface area contributed by atoms with Gasteiger partial charge in [-0.05, 0) is 36.0 Å². The highest BCUT2D eigenvalue weighted by molar-refractivity contribution is 5.83. The third-order valence-electron chi connectivity index (χ3n) is 4.26. The lowest BCUT2D eigenvalue weighted by molar-refractivity contribution is -0.120. The van der Waals surface area contributed by atoms with Crippen molar-refractivity contribution in [3.8, 4) is 0 Å². The lowest BCUT2D eigenvalue weighted by Crippen LogP contribution is -2.43. The third kappa shape index (κ3) is 7.01. The van der Waals surface area contributed by atoms with Crippen LogP contribution in [0.2, 0.25) is 0 Å². The number of rotatable bonds is 9. The second-order valence-corrected chi connectivity index (χ2v) is 6.61. The number of carbonyl (C=O) groups excluding carboxylic acids is 2. The van der Waals surface area contributed by atoms with E-state index < -0.39 is 0 Å². The molecule has 6 nitrogen and oxygen atoms in total. The summed E-state index contributed by atoms with van der Waals surface area (Å²) in [5.41, 5.74) is 1.26. The van der Waals surface area contributed by atoms with E-state index >= 15 is 0 Å². The van der Waals surface area contributed by atoms with Gasteiger partial charge in [-0.2, -0.15) is 0 Å². The summed E-state index contributed by atoms with van der Waals surface area (Å²) in [5, 5.41) is 8.12. The van der Waals surface area contributed by atoms with E-state index in [4.69, 9.17) is 4.42 Å². The molecular weight excluding hydrogens is 330 g/mol. The summed E-state index contributed by atoms with van der Waals surface area (Å²) in [5.74, 6) is 1.17. The molecule has 3 amide bonds. The van der Waals surface area contributed by atoms with E-state index in [2.05, 4.69) is 41.9 Å². The number of hydrogen-bond donors (Lipinski definition) is 3. The molecule has 1 heterocycles. The van der Waals surface area contributed by atoms with Gasteiger partial charge < -0.3 is 20.4 Å². The summed E-state index contributed by atoms with van der Waals surface area (Å²) < 4.78 is 5.13. The van der Waals surface area contributed by atoms with E-state index in [-0.39, 0.29) is 18.5 Å². The van der Waals surface area contributed by atoms with Crippen molar-refractivity contribution in [2.75, 3.05) is 13.1 Å². The molecule has 2 aromatic rings. The van der Waals surface area contributed by atoms with Crippen molar-refractivity contribution in [1.29, 1.82) is 0 Å². The minimum atomic E-state index is -0.336. The molecule has 0 aliphatic heterocycles. The van der Waals surface area contributed by atoms with Crippen LogP contribution >= 0.6 is 0 Å². The van der Waals surface area contributed by atoms with Gasteiger partial charge in [0.05, 0.1) is 19.4 Å². The van der Waals surface area contributed by atoms with Gasteiger partial charge in [0, 0.05) is 6.54 Å². The fraction of sp³-hybridized carbons (Fsp3) is 0.400. The normalized spacial score (nSPS) is 11.8. The summed E-state index contributed by atoms with van der Waals surface area (Å²) in [6, 6.07) is 13.4. The smallest absolute Gasteiger partial charge is 0.315 e. The van der Waals surface area contributed by atoms with Gasteiger partial charge in [0.1, 0.15) is 5.76 Å². The Balaban J connectivity index is 1.68. The number of amides is 3. The summed E-state index contributed by atoms with van der Waals surface area (Å²) in [6.45, 7) is 5.09. The lowest BCUT2D eigenvalue weighted by atomic mass is 9.89. The first-order valence-electron chi connectivity index (χ1n) is 8.89. The predicted octanol–water partition coefficient (Wildman–Crippen LogP) is 2.71. The second kappa shape index (κ2) is 10.3. The molecular formula is C20H27N3O3. The zero-order valence-corrected chi connectivity index (χ0v) is 15.3. The summed E-state index contributed by atoms with van der Waals surface area (Å²) in [7, 11) is 0. The Morgan fingerprint density at radius 3 is 2.42 bits per heavy atom. The Kier molecular flexibility index (Phi) is 7.74. The van der Waals surface area contributed by atoms with E-state index in [0.29, 0.717) is 30.7 Å². The molecule has 140 valence electrons. The minimum absolute atomic E-state index is 0.0719. The molecule has 1 aromatic heterocycles. The highest BCUT2D eigenvalue weighted by atomic mass is 16.3. The zero-order chi connectivity index (χ0) is 18.8. The molecule has 0 fully saturated rings. The van der Waals surface area contributed by atoms with Crippen molar-refractivity contribution in [3.05, 3.63) is 60.1 Å². The van der Waals surface area contributed by atoms with Crippen molar-refractivity contribution < 1.29 is 14.0 Å². The maximum atomic E-state index is 11.9. The van der Waals surface area contributed by atoms with Crippen LogP contribution in [0.1, 0.15) is 25.2 Å². The van der Waals surface area contributed by atoms with E-state index in [1.165, 1.54) is 5.56 Å². The second-order valence-electron chi connectivity index (χ2n) is 6.61. The molecule has 0 aliphatic carbocycles. The van der Waals surface area contributed by atoms with E-state index in [1.807, 2.05) is 18.2 Å². The van der Waals surface area contributed by atoms with Crippen molar-refractivity contribution in [2.45, 2.75) is 26.8 Å². The first-order valence-corrected chi connectivity index (χ1v) is 8.89. The Bertz CT molecular complexity index is 669. The molecule has 0 spiro atoms. The number of benzene rings is 1. The van der Waals surface area contributed by atoms with Crippen LogP contribution in [-0.2, 0) is 17.8 Å². The van der Waals surface area contributed by atoms with Gasteiger partial charge in [-0.15, -0.1) is 0 Å². The van der Waals surface area contributed by atoms with Crippen LogP contribution in [0.15, 0.2) is 53.1 Å². The van der Waals surface area contributed by atoms with Gasteiger partial charge in [-0.25, -0.2) is 4.79 Å². The fourth-order valence-electron chi connectivity index (χ4n) is 2.57. The van der Waals surface area contributed by atoms with Crippen molar-refractivity contribution in [1.82, 2.24) is 16.0 Å². The quantitative estimate of drug-likeness (QED) is 0.645. The molecule has 6 heteroatoms. The summed E-state index contributed by atoms with van der Waals surface area (Å²) >= 11 is 0. The van der Waals surface area contributed by atoms with Crippen LogP contribution < -0.4 is 16.0 Å². The predicted molar refractivity (Wildman–Crippen MR) is 100 cm³/mol. The highest BCUT2D eigenvalue weighted by Gasteiger charge is 2.15. The van der Waals surface area contributed by atoms with E-state index in [9.17, 15) is 9.59 Å². The standard InChI is InChI=1S/C20H27N3O3/c1-15(2)17(11-16-7-4-3-5-8-16)12-22-20(25)23-14-19(24)21-13-18-9-6-10-26-18/h3-10,15,17H,11-14H2,1-2H3,(H,21,24)(H2,22,23,25). The molecule has 0 aliphatic rings. The Hall–Kier alpha value is -2.76. The molecule has 0 radical (unpaired) electrons. The van der Waals surface area contributed by atoms with Crippen molar-refractivity contribution in [3.63, 3.8) is 0 Å². The number of nitrogens with one attached hydrogen (secondary N) is 3. The highest BCUT2D eigenvalue weighted by Crippen LogP contribution is 2.16. The third-order valence-corrected chi connectivity index (χ3v) is 4.26. The molecule has 26 heavy (non-hydrogen) atoms. The van der Waals surface area contributed by atoms with Crippen LogP contribution in [0.5, 0.6) is 0 Å². The van der Waals surface area contributed by atoms with Gasteiger partial charge in [-0.1, -0.05) is 44.2 Å². The monoisotopic (exact) mass is 357 g/mol. The van der Waals surface area contributed by atoms with Crippen LogP contribution in [-0.4, -0.2) is 25.0 Å². The molecule has 1 unspecified atom stereocenters. The van der Waals surface area contributed by atoms with Gasteiger partial charge >= 0.3 is 6.03 Å². The first kappa shape index (κ1) is 19.6. The van der Waals surface area contributed by atoms with E-state index in [0.717, 1.165) is 6.42 Å². The van der Waals surface area contributed by atoms with Gasteiger partial charge in [0.25, 0.3) is 0 Å². The van der Waals surface area contributed by atoms with Crippen LogP contribution in [0, 0.1) is 11.8 Å². The van der Waals surface area contributed by atoms with Crippen LogP contribution in [0.4, 0.5) is 4.79 Å². The molecule has 2 rings (SSSR count). The molecule has 1 aromatic carbocycles. The maximum absolute atomic E-state index is 11.9. The number of hydrogen-bond acceptors (Lipinski definition) is 3. The molecule has 0 bridgehead atoms. The largest absolute Gasteiger partial charge is 0.467 e. The van der Waals surface area contributed by atoms with Gasteiger partial charge in [0.2, 0.25) is 5.91 Å². The summed E-state index contributed by atoms with van der Waals surface area (Å²) in [4.78, 5) is 23.7. The maximum Gasteiger partial charge on any atom is 0.315 e. The lowest BCUT2D eigenvalue weighted by Gasteiger charge is -2.21. The van der Waals surface area contributed by atoms with Gasteiger partial charge in [-0.3, -0.25) is 4.79 Å². The molecule has 3 N–H and O–H groups in total. The fourth-order valence-corrected chi connectivity index (χ4v) is 2.57. The number of furan rings is 1. The molecule has 0 saturated carbocycles. The summed E-state index contributed by atoms with van der Waals surface area (Å²) in [6.07, 6.45) is 2.45. The first-order chi connectivity index (χ1) is 12.5. The zero-order valence-electron chi connectivity index (χ0n) is 15.3. The van der Waals surface area contributed by atoms with Crippen LogP contribution in [0.25, 0.3) is 0 Å². The van der Waals surface area contributed by atoms with E-state index in [1.54, 1.807) is 18.4 Å². The van der Waals surface area contributed by atoms with Crippen molar-refractivity contribution in [2.24, 2.45) is 11.8 Å². The SMILES string of the molecule is CC(C)C(CNC(=O)NCC(=O)NCc1ccco1)Cc1ccccc1. The average molecular weight is 357 g/mol. The Morgan fingerprint density at radius 1 is 1.00 bits per heavy atom. The minimum Gasteiger partial charge on any atom is -0.467 e. The van der Waals surface area contributed by atoms with Gasteiger partial charge in [0.15, 0.2) is 0 Å². The molecule has 1 atom stereocenters. The number of carbonyl (C=O) groups is 2. The van der Waals surface area contributed by atoms with Crippen LogP contribution in [0.3, 0.4) is 0 Å².